The van der Waals surface area contributed by atoms with E-state index in [0.717, 1.165) is 0 Å². The Labute approximate surface area is 98.4 Å². The molecule has 0 spiro atoms. The predicted molar refractivity (Wildman–Crippen MR) is 54.4 cm³/mol. The quantitative estimate of drug-likeness (QED) is 0.495. The number of hydrogen-bond donors (Lipinski definition) is 2. The van der Waals surface area contributed by atoms with Gasteiger partial charge in [0.05, 0.1) is 6.54 Å². The van der Waals surface area contributed by atoms with Crippen molar-refractivity contribution in [3.05, 3.63) is 53.1 Å². The molecule has 0 saturated carbocycles. The van der Waals surface area contributed by atoms with Gasteiger partial charge >= 0.3 is 0 Å². The zero-order valence-electron chi connectivity index (χ0n) is 8.83. The third kappa shape index (κ3) is 2.03. The third-order valence-electron chi connectivity index (χ3n) is 2.33. The Morgan fingerprint density at radius 2 is 1.44 bits per heavy atom. The molecule has 18 heavy (non-hydrogen) atoms. The van der Waals surface area contributed by atoms with E-state index in [2.05, 4.69) is 10.3 Å². The van der Waals surface area contributed by atoms with Crippen molar-refractivity contribution in [1.29, 1.82) is 0 Å². The van der Waals surface area contributed by atoms with E-state index >= 15 is 0 Å². The van der Waals surface area contributed by atoms with Gasteiger partial charge in [-0.3, -0.25) is 0 Å². The zero-order valence-corrected chi connectivity index (χ0v) is 8.83. The SMILES string of the molecule is Fc1c(F)c(F)c(NCc2ccc[nH]2)c(F)c1F. The standard InChI is InChI=1S/C11H7F5N2/c12-6-7(13)9(15)11(10(16)8(6)14)18-4-5-2-1-3-17-5/h1-3,17-18H,4H2. The largest absolute Gasteiger partial charge is 0.375 e. The first-order chi connectivity index (χ1) is 8.52. The first kappa shape index (κ1) is 12.4. The number of aromatic amines is 1. The summed E-state index contributed by atoms with van der Waals surface area (Å²) in [4.78, 5) is 2.72. The number of aromatic nitrogens is 1. The van der Waals surface area contributed by atoms with E-state index in [9.17, 15) is 22.0 Å². The number of rotatable bonds is 3. The molecule has 0 atom stereocenters. The van der Waals surface area contributed by atoms with E-state index in [0.29, 0.717) is 5.69 Å². The zero-order chi connectivity index (χ0) is 13.3. The summed E-state index contributed by atoms with van der Waals surface area (Å²) < 4.78 is 64.9. The molecule has 0 aliphatic carbocycles. The monoisotopic (exact) mass is 262 g/mol. The minimum absolute atomic E-state index is 0.0919. The topological polar surface area (TPSA) is 27.8 Å². The molecule has 2 nitrogen and oxygen atoms in total. The molecule has 0 aliphatic heterocycles. The predicted octanol–water partition coefficient (Wildman–Crippen LogP) is 3.32. The van der Waals surface area contributed by atoms with Gasteiger partial charge in [-0.05, 0) is 12.1 Å². The molecule has 1 aromatic carbocycles. The van der Waals surface area contributed by atoms with Gasteiger partial charge in [0.2, 0.25) is 5.82 Å². The van der Waals surface area contributed by atoms with Crippen molar-refractivity contribution in [1.82, 2.24) is 4.98 Å². The van der Waals surface area contributed by atoms with Crippen LogP contribution in [-0.2, 0) is 6.54 Å². The second-order valence-electron chi connectivity index (χ2n) is 3.49. The second kappa shape index (κ2) is 4.67. The molecule has 0 amide bonds. The van der Waals surface area contributed by atoms with Gasteiger partial charge in [-0.2, -0.15) is 0 Å². The Kier molecular flexibility index (Phi) is 3.22. The molecular formula is C11H7F5N2. The van der Waals surface area contributed by atoms with Crippen molar-refractivity contribution >= 4 is 5.69 Å². The van der Waals surface area contributed by atoms with Crippen LogP contribution in [-0.4, -0.2) is 4.98 Å². The number of benzene rings is 1. The normalized spacial score (nSPS) is 10.7. The number of nitrogens with one attached hydrogen (secondary N) is 2. The first-order valence-electron chi connectivity index (χ1n) is 4.90. The van der Waals surface area contributed by atoms with Gasteiger partial charge in [0.25, 0.3) is 0 Å². The summed E-state index contributed by atoms with van der Waals surface area (Å²) >= 11 is 0. The highest BCUT2D eigenvalue weighted by atomic mass is 19.2. The Morgan fingerprint density at radius 1 is 0.889 bits per heavy atom. The van der Waals surface area contributed by atoms with Gasteiger partial charge in [-0.1, -0.05) is 0 Å². The van der Waals surface area contributed by atoms with Crippen LogP contribution in [0.25, 0.3) is 0 Å². The smallest absolute Gasteiger partial charge is 0.200 e. The fourth-order valence-electron chi connectivity index (χ4n) is 1.42. The van der Waals surface area contributed by atoms with Crippen LogP contribution in [0.2, 0.25) is 0 Å². The second-order valence-corrected chi connectivity index (χ2v) is 3.49. The number of H-pyrrole nitrogens is 1. The van der Waals surface area contributed by atoms with Crippen molar-refractivity contribution in [2.75, 3.05) is 5.32 Å². The Bertz CT molecular complexity index is 536. The molecule has 2 rings (SSSR count). The Morgan fingerprint density at radius 3 is 1.94 bits per heavy atom. The van der Waals surface area contributed by atoms with Crippen LogP contribution in [0.3, 0.4) is 0 Å². The summed E-state index contributed by atoms with van der Waals surface area (Å²) in [6.07, 6.45) is 1.57. The van der Waals surface area contributed by atoms with Crippen LogP contribution < -0.4 is 5.32 Å². The number of anilines is 1. The Balaban J connectivity index is 2.33. The van der Waals surface area contributed by atoms with E-state index < -0.39 is 34.8 Å². The van der Waals surface area contributed by atoms with Crippen LogP contribution in [0.4, 0.5) is 27.6 Å². The van der Waals surface area contributed by atoms with Crippen LogP contribution in [0.1, 0.15) is 5.69 Å². The lowest BCUT2D eigenvalue weighted by Gasteiger charge is -2.09. The molecule has 0 bridgehead atoms. The minimum Gasteiger partial charge on any atom is -0.375 e. The molecular weight excluding hydrogens is 255 g/mol. The molecule has 0 aliphatic rings. The van der Waals surface area contributed by atoms with Crippen LogP contribution >= 0.6 is 0 Å². The van der Waals surface area contributed by atoms with Gasteiger partial charge in [0.15, 0.2) is 23.3 Å². The summed E-state index contributed by atoms with van der Waals surface area (Å²) in [5.41, 5.74) is -0.500. The maximum Gasteiger partial charge on any atom is 0.200 e. The maximum absolute atomic E-state index is 13.2. The van der Waals surface area contributed by atoms with E-state index in [4.69, 9.17) is 0 Å². The average molecular weight is 262 g/mol. The van der Waals surface area contributed by atoms with Crippen LogP contribution in [0, 0.1) is 29.1 Å². The van der Waals surface area contributed by atoms with Crippen molar-refractivity contribution in [2.24, 2.45) is 0 Å². The van der Waals surface area contributed by atoms with Crippen molar-refractivity contribution < 1.29 is 22.0 Å². The van der Waals surface area contributed by atoms with Crippen molar-refractivity contribution in [3.63, 3.8) is 0 Å². The lowest BCUT2D eigenvalue weighted by atomic mass is 10.2. The van der Waals surface area contributed by atoms with Crippen molar-refractivity contribution in [3.8, 4) is 0 Å². The van der Waals surface area contributed by atoms with Gasteiger partial charge in [0, 0.05) is 11.9 Å². The molecule has 1 heterocycles. The minimum atomic E-state index is -2.17. The van der Waals surface area contributed by atoms with E-state index in [1.807, 2.05) is 0 Å². The summed E-state index contributed by atoms with van der Waals surface area (Å²) in [5.74, 6) is -9.86. The fourth-order valence-corrected chi connectivity index (χ4v) is 1.42. The summed E-state index contributed by atoms with van der Waals surface area (Å²) in [6.45, 7) is -0.0919. The van der Waals surface area contributed by atoms with Gasteiger partial charge in [-0.15, -0.1) is 0 Å². The summed E-state index contributed by atoms with van der Waals surface area (Å²) in [6, 6.07) is 3.23. The summed E-state index contributed by atoms with van der Waals surface area (Å²) in [5, 5.41) is 2.16. The van der Waals surface area contributed by atoms with Gasteiger partial charge in [-0.25, -0.2) is 22.0 Å². The van der Waals surface area contributed by atoms with Gasteiger partial charge < -0.3 is 10.3 Å². The molecule has 0 fully saturated rings. The van der Waals surface area contributed by atoms with E-state index in [-0.39, 0.29) is 6.54 Å². The molecule has 1 aromatic heterocycles. The Hall–Kier alpha value is -2.05. The van der Waals surface area contributed by atoms with E-state index in [1.165, 1.54) is 0 Å². The molecule has 96 valence electrons. The lowest BCUT2D eigenvalue weighted by molar-refractivity contribution is 0.381. The highest BCUT2D eigenvalue weighted by molar-refractivity contribution is 5.47. The first-order valence-corrected chi connectivity index (χ1v) is 4.90. The van der Waals surface area contributed by atoms with Crippen LogP contribution in [0.5, 0.6) is 0 Å². The lowest BCUT2D eigenvalue weighted by Crippen LogP contribution is -2.09. The molecule has 0 radical (unpaired) electrons. The fraction of sp³-hybridized carbons (Fsp3) is 0.0909. The van der Waals surface area contributed by atoms with Crippen LogP contribution in [0.15, 0.2) is 18.3 Å². The molecule has 2 N–H and O–H groups in total. The number of hydrogen-bond acceptors (Lipinski definition) is 1. The highest BCUT2D eigenvalue weighted by Crippen LogP contribution is 2.27. The maximum atomic E-state index is 13.2. The molecule has 0 unspecified atom stereocenters. The van der Waals surface area contributed by atoms with Gasteiger partial charge in [0.1, 0.15) is 5.69 Å². The molecule has 7 heteroatoms. The summed E-state index contributed by atoms with van der Waals surface area (Å²) in [7, 11) is 0. The third-order valence-corrected chi connectivity index (χ3v) is 2.33. The highest BCUT2D eigenvalue weighted by Gasteiger charge is 2.25. The average Bonchev–Trinajstić information content (AvgIpc) is 2.87. The van der Waals surface area contributed by atoms with Crippen molar-refractivity contribution in [2.45, 2.75) is 6.54 Å². The molecule has 0 saturated heterocycles. The number of halogens is 5. The molecule has 2 aromatic rings. The van der Waals surface area contributed by atoms with E-state index in [1.54, 1.807) is 18.3 Å².